The summed E-state index contributed by atoms with van der Waals surface area (Å²) in [5, 5.41) is 5.64. The Bertz CT molecular complexity index is 536. The van der Waals surface area contributed by atoms with E-state index >= 15 is 0 Å². The number of nitrogens with zero attached hydrogens (tertiary/aromatic N) is 2. The minimum absolute atomic E-state index is 0.331. The lowest BCUT2D eigenvalue weighted by atomic mass is 9.79. The minimum Gasteiger partial charge on any atom is -0.399 e. The Labute approximate surface area is 127 Å². The molecule has 1 fully saturated rings. The summed E-state index contributed by atoms with van der Waals surface area (Å²) in [6.45, 7) is 17.5. The molecule has 0 spiro atoms. The van der Waals surface area contributed by atoms with Gasteiger partial charge < -0.3 is 9.31 Å². The van der Waals surface area contributed by atoms with Gasteiger partial charge in [0.15, 0.2) is 0 Å². The third kappa shape index (κ3) is 2.89. The zero-order chi connectivity index (χ0) is 15.8. The molecule has 0 amide bonds. The number of hydrazone groups is 1. The Balaban J connectivity index is 2.21. The summed E-state index contributed by atoms with van der Waals surface area (Å²) in [6, 6.07) is 7.89. The summed E-state index contributed by atoms with van der Waals surface area (Å²) in [5.41, 5.74) is 2.06. The molecule has 0 aromatic heterocycles. The van der Waals surface area contributed by atoms with E-state index in [0.717, 1.165) is 16.8 Å². The predicted octanol–water partition coefficient (Wildman–Crippen LogP) is 2.94. The molecule has 0 saturated carbocycles. The third-order valence-electron chi connectivity index (χ3n) is 4.17. The van der Waals surface area contributed by atoms with Crippen LogP contribution in [0.2, 0.25) is 0 Å². The highest BCUT2D eigenvalue weighted by Crippen LogP contribution is 2.36. The number of allylic oxidation sites excluding steroid dienone is 1. The van der Waals surface area contributed by atoms with Crippen molar-refractivity contribution in [1.82, 2.24) is 0 Å². The molecule has 5 heteroatoms. The Morgan fingerprint density at radius 3 is 1.95 bits per heavy atom. The van der Waals surface area contributed by atoms with Crippen molar-refractivity contribution in [2.75, 3.05) is 5.01 Å². The summed E-state index contributed by atoms with van der Waals surface area (Å²) in [4.78, 5) is 0. The molecule has 0 bridgehead atoms. The largest absolute Gasteiger partial charge is 0.494 e. The standard InChI is InChI=1S/C16H23BN2O2/c1-12(2)19(18-7)14-10-8-13(9-11-14)17-20-15(3,4)16(5,6)21-17/h8-11H,1,7H2,2-6H3. The second kappa shape index (κ2) is 5.32. The summed E-state index contributed by atoms with van der Waals surface area (Å²) < 4.78 is 12.1. The van der Waals surface area contributed by atoms with Gasteiger partial charge in [-0.25, -0.2) is 5.01 Å². The van der Waals surface area contributed by atoms with E-state index in [4.69, 9.17) is 9.31 Å². The first kappa shape index (κ1) is 15.8. The topological polar surface area (TPSA) is 34.1 Å². The average Bonchev–Trinajstić information content (AvgIpc) is 2.59. The van der Waals surface area contributed by atoms with Crippen molar-refractivity contribution < 1.29 is 9.31 Å². The van der Waals surface area contributed by atoms with E-state index in [1.165, 1.54) is 0 Å². The number of hydrogen-bond donors (Lipinski definition) is 0. The summed E-state index contributed by atoms with van der Waals surface area (Å²) in [7, 11) is -0.348. The second-order valence-corrected chi connectivity index (χ2v) is 6.37. The highest BCUT2D eigenvalue weighted by Gasteiger charge is 2.51. The van der Waals surface area contributed by atoms with E-state index in [0.29, 0.717) is 0 Å². The van der Waals surface area contributed by atoms with Crippen LogP contribution < -0.4 is 10.5 Å². The fourth-order valence-corrected chi connectivity index (χ4v) is 2.17. The molecular formula is C16H23BN2O2. The Morgan fingerprint density at radius 2 is 1.57 bits per heavy atom. The quantitative estimate of drug-likeness (QED) is 0.485. The van der Waals surface area contributed by atoms with Gasteiger partial charge >= 0.3 is 7.12 Å². The van der Waals surface area contributed by atoms with Crippen LogP contribution in [-0.2, 0) is 9.31 Å². The van der Waals surface area contributed by atoms with E-state index in [-0.39, 0.29) is 18.3 Å². The van der Waals surface area contributed by atoms with E-state index in [2.05, 4.69) is 18.4 Å². The van der Waals surface area contributed by atoms with Gasteiger partial charge in [-0.2, -0.15) is 5.10 Å². The molecule has 1 aromatic carbocycles. The number of anilines is 1. The fraction of sp³-hybridized carbons (Fsp3) is 0.438. The van der Waals surface area contributed by atoms with Crippen LogP contribution in [0.3, 0.4) is 0 Å². The van der Waals surface area contributed by atoms with E-state index < -0.39 is 0 Å². The molecule has 112 valence electrons. The minimum atomic E-state index is -0.348. The molecule has 1 heterocycles. The Hall–Kier alpha value is -1.59. The summed E-state index contributed by atoms with van der Waals surface area (Å²) in [6.07, 6.45) is 0. The maximum Gasteiger partial charge on any atom is 0.494 e. The first-order valence-electron chi connectivity index (χ1n) is 7.06. The van der Waals surface area contributed by atoms with Crippen molar-refractivity contribution in [2.24, 2.45) is 5.10 Å². The van der Waals surface area contributed by atoms with Crippen LogP contribution in [0.1, 0.15) is 34.6 Å². The van der Waals surface area contributed by atoms with Gasteiger partial charge in [-0.3, -0.25) is 0 Å². The van der Waals surface area contributed by atoms with Crippen LogP contribution in [0.4, 0.5) is 5.69 Å². The lowest BCUT2D eigenvalue weighted by molar-refractivity contribution is 0.00578. The Kier molecular flexibility index (Phi) is 4.00. The second-order valence-electron chi connectivity index (χ2n) is 6.37. The van der Waals surface area contributed by atoms with Gasteiger partial charge in [-0.15, -0.1) is 0 Å². The zero-order valence-electron chi connectivity index (χ0n) is 13.5. The van der Waals surface area contributed by atoms with Gasteiger partial charge in [0.25, 0.3) is 0 Å². The van der Waals surface area contributed by atoms with Crippen LogP contribution in [-0.4, -0.2) is 25.0 Å². The first-order valence-corrected chi connectivity index (χ1v) is 7.06. The highest BCUT2D eigenvalue weighted by molar-refractivity contribution is 6.62. The predicted molar refractivity (Wildman–Crippen MR) is 89.0 cm³/mol. The third-order valence-corrected chi connectivity index (χ3v) is 4.17. The van der Waals surface area contributed by atoms with Crippen LogP contribution in [0.5, 0.6) is 0 Å². The molecule has 0 unspecified atom stereocenters. The van der Waals surface area contributed by atoms with E-state index in [1.54, 1.807) is 5.01 Å². The van der Waals surface area contributed by atoms with Gasteiger partial charge in [0.2, 0.25) is 0 Å². The van der Waals surface area contributed by atoms with Gasteiger partial charge in [0.05, 0.1) is 16.9 Å². The van der Waals surface area contributed by atoms with Crippen molar-refractivity contribution in [3.63, 3.8) is 0 Å². The normalized spacial score (nSPS) is 19.4. The molecule has 4 nitrogen and oxygen atoms in total. The van der Waals surface area contributed by atoms with E-state index in [1.807, 2.05) is 58.9 Å². The first-order chi connectivity index (χ1) is 9.68. The van der Waals surface area contributed by atoms with Crippen LogP contribution in [0.25, 0.3) is 0 Å². The van der Waals surface area contributed by atoms with Crippen molar-refractivity contribution in [2.45, 2.75) is 45.8 Å². The van der Waals surface area contributed by atoms with Crippen molar-refractivity contribution in [1.29, 1.82) is 0 Å². The van der Waals surface area contributed by atoms with Crippen molar-refractivity contribution in [3.8, 4) is 0 Å². The monoisotopic (exact) mass is 286 g/mol. The summed E-state index contributed by atoms with van der Waals surface area (Å²) >= 11 is 0. The molecule has 2 rings (SSSR count). The van der Waals surface area contributed by atoms with Gasteiger partial charge in [0, 0.05) is 12.4 Å². The lowest BCUT2D eigenvalue weighted by Crippen LogP contribution is -2.41. The molecule has 0 aliphatic carbocycles. The summed E-state index contributed by atoms with van der Waals surface area (Å²) in [5.74, 6) is 0. The number of benzene rings is 1. The molecule has 21 heavy (non-hydrogen) atoms. The Morgan fingerprint density at radius 1 is 1.10 bits per heavy atom. The zero-order valence-corrected chi connectivity index (χ0v) is 13.5. The molecule has 1 saturated heterocycles. The van der Waals surface area contributed by atoms with Crippen LogP contribution in [0.15, 0.2) is 41.6 Å². The number of hydrogen-bond acceptors (Lipinski definition) is 4. The van der Waals surface area contributed by atoms with Crippen LogP contribution in [0, 0.1) is 0 Å². The fourth-order valence-electron chi connectivity index (χ4n) is 2.17. The van der Waals surface area contributed by atoms with Gasteiger partial charge in [0.1, 0.15) is 0 Å². The van der Waals surface area contributed by atoms with Crippen LogP contribution >= 0.6 is 0 Å². The lowest BCUT2D eigenvalue weighted by Gasteiger charge is -2.32. The molecule has 1 aromatic rings. The molecule has 0 N–H and O–H groups in total. The molecule has 1 aliphatic heterocycles. The highest BCUT2D eigenvalue weighted by atomic mass is 16.7. The van der Waals surface area contributed by atoms with Crippen molar-refractivity contribution in [3.05, 3.63) is 36.5 Å². The van der Waals surface area contributed by atoms with Gasteiger partial charge in [-0.05, 0) is 52.2 Å². The molecular weight excluding hydrogens is 263 g/mol. The smallest absolute Gasteiger partial charge is 0.399 e. The molecule has 1 aliphatic rings. The number of rotatable bonds is 4. The average molecular weight is 286 g/mol. The maximum atomic E-state index is 6.04. The van der Waals surface area contributed by atoms with E-state index in [9.17, 15) is 0 Å². The van der Waals surface area contributed by atoms with Gasteiger partial charge in [-0.1, -0.05) is 18.7 Å². The van der Waals surface area contributed by atoms with Crippen molar-refractivity contribution >= 4 is 25.0 Å². The maximum absolute atomic E-state index is 6.04. The molecule has 0 atom stereocenters. The SMILES string of the molecule is C=NN(C(=C)C)c1ccc(B2OC(C)(C)C(C)(C)O2)cc1. The molecule has 0 radical (unpaired) electrons.